The van der Waals surface area contributed by atoms with Gasteiger partial charge in [0.25, 0.3) is 0 Å². The van der Waals surface area contributed by atoms with Crippen LogP contribution < -0.4 is 5.73 Å². The van der Waals surface area contributed by atoms with Gasteiger partial charge in [0.05, 0.1) is 13.2 Å². The van der Waals surface area contributed by atoms with Crippen molar-refractivity contribution in [2.24, 2.45) is 0 Å². The van der Waals surface area contributed by atoms with Crippen LogP contribution in [0.1, 0.15) is 30.3 Å². The number of hydrogen-bond donors (Lipinski definition) is 1. The lowest BCUT2D eigenvalue weighted by Gasteiger charge is -2.28. The van der Waals surface area contributed by atoms with Crippen LogP contribution in [0.5, 0.6) is 0 Å². The minimum Gasteiger partial charge on any atom is -0.465 e. The average molecular weight is 356 g/mol. The molecule has 2 rings (SSSR count). The van der Waals surface area contributed by atoms with E-state index in [1.165, 1.54) is 11.3 Å². The van der Waals surface area contributed by atoms with Crippen molar-refractivity contribution in [2.75, 3.05) is 18.9 Å². The monoisotopic (exact) mass is 355 g/mol. The number of nitrogen functional groups attached to an aromatic ring is 1. The fourth-order valence-electron chi connectivity index (χ4n) is 2.24. The van der Waals surface area contributed by atoms with E-state index in [-0.39, 0.29) is 31.0 Å². The summed E-state index contributed by atoms with van der Waals surface area (Å²) in [6.07, 6.45) is 1.76. The molecule has 0 radical (unpaired) electrons. The second-order valence-corrected chi connectivity index (χ2v) is 6.11. The molecule has 0 fully saturated rings. The smallest absolute Gasteiger partial charge is 0.320 e. The van der Waals surface area contributed by atoms with Gasteiger partial charge in [0.1, 0.15) is 0 Å². The first-order valence-corrected chi connectivity index (χ1v) is 8.06. The highest BCUT2D eigenvalue weighted by molar-refractivity contribution is 7.15. The highest BCUT2D eigenvalue weighted by Gasteiger charge is 2.20. The molecule has 2 N–H and O–H groups in total. The van der Waals surface area contributed by atoms with Crippen LogP contribution in [-0.2, 0) is 16.1 Å². The second kappa shape index (κ2) is 9.50. The van der Waals surface area contributed by atoms with E-state index in [9.17, 15) is 4.79 Å². The summed E-state index contributed by atoms with van der Waals surface area (Å²) < 4.78 is 5.08. The van der Waals surface area contributed by atoms with Gasteiger partial charge in [-0.1, -0.05) is 30.3 Å². The van der Waals surface area contributed by atoms with E-state index >= 15 is 0 Å². The van der Waals surface area contributed by atoms with Gasteiger partial charge in [0, 0.05) is 23.7 Å². The molecule has 0 aliphatic heterocycles. The lowest BCUT2D eigenvalue weighted by atomic mass is 10.1. The molecule has 5 nitrogen and oxygen atoms in total. The van der Waals surface area contributed by atoms with Gasteiger partial charge in [0.15, 0.2) is 5.13 Å². The molecule has 126 valence electrons. The number of carbonyl (C=O) groups excluding carboxylic acids is 1. The molecule has 0 saturated carbocycles. The van der Waals surface area contributed by atoms with Gasteiger partial charge < -0.3 is 10.5 Å². The molecule has 1 atom stereocenters. The van der Waals surface area contributed by atoms with Crippen LogP contribution >= 0.6 is 23.7 Å². The van der Waals surface area contributed by atoms with Gasteiger partial charge in [-0.2, -0.15) is 0 Å². The first-order chi connectivity index (χ1) is 10.6. The number of nitrogens with two attached hydrogens (primary N) is 1. The number of nitrogens with zero attached hydrogens (tertiary/aromatic N) is 2. The van der Waals surface area contributed by atoms with Gasteiger partial charge in [0.2, 0.25) is 0 Å². The Kier molecular flexibility index (Phi) is 8.02. The summed E-state index contributed by atoms with van der Waals surface area (Å²) in [4.78, 5) is 19.1. The quantitative estimate of drug-likeness (QED) is 0.772. The Bertz CT molecular complexity index is 606. The molecule has 1 unspecified atom stereocenters. The number of esters is 1. The summed E-state index contributed by atoms with van der Waals surface area (Å²) >= 11 is 1.44. The molecule has 0 amide bonds. The van der Waals surface area contributed by atoms with Crippen LogP contribution in [0.4, 0.5) is 5.13 Å². The molecule has 0 bridgehead atoms. The van der Waals surface area contributed by atoms with E-state index in [2.05, 4.69) is 28.9 Å². The molecule has 0 aliphatic rings. The lowest BCUT2D eigenvalue weighted by Crippen LogP contribution is -2.32. The summed E-state index contributed by atoms with van der Waals surface area (Å²) in [5.74, 6) is -0.220. The molecule has 1 heterocycles. The highest BCUT2D eigenvalue weighted by atomic mass is 35.5. The Balaban J connectivity index is 0.00000264. The molecule has 1 aromatic carbocycles. The van der Waals surface area contributed by atoms with Gasteiger partial charge in [-0.3, -0.25) is 9.69 Å². The normalized spacial score (nSPS) is 11.8. The number of ether oxygens (including phenoxy) is 1. The van der Waals surface area contributed by atoms with Crippen molar-refractivity contribution in [3.63, 3.8) is 0 Å². The minimum absolute atomic E-state index is 0. The molecule has 0 saturated heterocycles. The van der Waals surface area contributed by atoms with Crippen LogP contribution in [0.25, 0.3) is 0 Å². The van der Waals surface area contributed by atoms with E-state index in [1.54, 1.807) is 6.20 Å². The highest BCUT2D eigenvalue weighted by Crippen LogP contribution is 2.24. The number of aromatic nitrogens is 1. The second-order valence-electron chi connectivity index (χ2n) is 4.96. The van der Waals surface area contributed by atoms with Crippen molar-refractivity contribution in [3.05, 3.63) is 47.0 Å². The first kappa shape index (κ1) is 19.4. The zero-order valence-electron chi connectivity index (χ0n) is 13.3. The Morgan fingerprint density at radius 3 is 2.65 bits per heavy atom. The molecule has 23 heavy (non-hydrogen) atoms. The van der Waals surface area contributed by atoms with Gasteiger partial charge >= 0.3 is 5.97 Å². The fraction of sp³-hybridized carbons (Fsp3) is 0.375. The number of hydrogen-bond acceptors (Lipinski definition) is 6. The van der Waals surface area contributed by atoms with Gasteiger partial charge in [-0.05, 0) is 19.4 Å². The summed E-state index contributed by atoms with van der Waals surface area (Å²) in [6, 6.07) is 10.2. The molecule has 0 spiro atoms. The molecule has 1 aromatic heterocycles. The van der Waals surface area contributed by atoms with Crippen molar-refractivity contribution >= 4 is 34.8 Å². The zero-order chi connectivity index (χ0) is 15.9. The van der Waals surface area contributed by atoms with Crippen molar-refractivity contribution in [1.82, 2.24) is 9.88 Å². The number of rotatable bonds is 7. The third-order valence-corrected chi connectivity index (χ3v) is 4.21. The van der Waals surface area contributed by atoms with Crippen LogP contribution in [0.15, 0.2) is 36.5 Å². The standard InChI is InChI=1S/C16H21N3O2S.ClH/c1-3-21-15(20)11-19(10-14-9-18-16(17)22-14)12(2)13-7-5-4-6-8-13;/h4-9,12H,3,10-11H2,1-2H3,(H2,17,18);1H. The van der Waals surface area contributed by atoms with Crippen molar-refractivity contribution in [3.8, 4) is 0 Å². The summed E-state index contributed by atoms with van der Waals surface area (Å²) in [7, 11) is 0. The van der Waals surface area contributed by atoms with Gasteiger partial charge in [-0.15, -0.1) is 23.7 Å². The number of halogens is 1. The van der Waals surface area contributed by atoms with Gasteiger partial charge in [-0.25, -0.2) is 4.98 Å². The predicted octanol–water partition coefficient (Wildman–Crippen LogP) is 3.27. The van der Waals surface area contributed by atoms with Crippen LogP contribution in [0.3, 0.4) is 0 Å². The first-order valence-electron chi connectivity index (χ1n) is 7.25. The Hall–Kier alpha value is -1.63. The Morgan fingerprint density at radius 2 is 2.09 bits per heavy atom. The third-order valence-electron chi connectivity index (χ3n) is 3.40. The maximum Gasteiger partial charge on any atom is 0.320 e. The van der Waals surface area contributed by atoms with Crippen molar-refractivity contribution in [1.29, 1.82) is 0 Å². The number of carbonyl (C=O) groups is 1. The topological polar surface area (TPSA) is 68.5 Å². The minimum atomic E-state index is -0.220. The Labute approximate surface area is 146 Å². The molecule has 7 heteroatoms. The molecular formula is C16H22ClN3O2S. The van der Waals surface area contributed by atoms with E-state index in [1.807, 2.05) is 25.1 Å². The molecule has 2 aromatic rings. The number of thiazole rings is 1. The lowest BCUT2D eigenvalue weighted by molar-refractivity contribution is -0.145. The van der Waals surface area contributed by atoms with Crippen molar-refractivity contribution in [2.45, 2.75) is 26.4 Å². The van der Waals surface area contributed by atoms with E-state index < -0.39 is 0 Å². The maximum atomic E-state index is 11.9. The summed E-state index contributed by atoms with van der Waals surface area (Å²) in [5.41, 5.74) is 6.84. The van der Waals surface area contributed by atoms with Crippen LogP contribution in [0.2, 0.25) is 0 Å². The average Bonchev–Trinajstić information content (AvgIpc) is 2.92. The maximum absolute atomic E-state index is 11.9. The number of anilines is 1. The largest absolute Gasteiger partial charge is 0.465 e. The third kappa shape index (κ3) is 5.82. The molecular weight excluding hydrogens is 334 g/mol. The van der Waals surface area contributed by atoms with Crippen LogP contribution in [0, 0.1) is 0 Å². The predicted molar refractivity (Wildman–Crippen MR) is 95.7 cm³/mol. The van der Waals surface area contributed by atoms with E-state index in [0.717, 1.165) is 10.4 Å². The Morgan fingerprint density at radius 1 is 1.39 bits per heavy atom. The van der Waals surface area contributed by atoms with E-state index in [0.29, 0.717) is 18.3 Å². The summed E-state index contributed by atoms with van der Waals surface area (Å²) in [6.45, 7) is 5.14. The SMILES string of the molecule is CCOC(=O)CN(Cc1cnc(N)s1)C(C)c1ccccc1.Cl. The zero-order valence-corrected chi connectivity index (χ0v) is 14.9. The van der Waals surface area contributed by atoms with E-state index in [4.69, 9.17) is 10.5 Å². The summed E-state index contributed by atoms with van der Waals surface area (Å²) in [5, 5.41) is 0.540. The van der Waals surface area contributed by atoms with Crippen LogP contribution in [-0.4, -0.2) is 29.0 Å². The molecule has 0 aliphatic carbocycles. The fourth-order valence-corrected chi connectivity index (χ4v) is 2.95. The van der Waals surface area contributed by atoms with Crippen molar-refractivity contribution < 1.29 is 9.53 Å². The number of benzene rings is 1.